The molecule has 5 heteroatoms. The van der Waals surface area contributed by atoms with Crippen LogP contribution in [0.2, 0.25) is 0 Å². The van der Waals surface area contributed by atoms with Crippen LogP contribution in [-0.2, 0) is 0 Å². The summed E-state index contributed by atoms with van der Waals surface area (Å²) in [6.45, 7) is 7.44. The topological polar surface area (TPSA) is 73.2 Å². The molecule has 0 heterocycles. The lowest BCUT2D eigenvalue weighted by atomic mass is 10.1. The fraction of sp³-hybridized carbons (Fsp3) is 0.143. The summed E-state index contributed by atoms with van der Waals surface area (Å²) >= 11 is 0. The van der Waals surface area contributed by atoms with E-state index in [1.54, 1.807) is 30.3 Å². The zero-order chi connectivity index (χ0) is 23.7. The van der Waals surface area contributed by atoms with Gasteiger partial charge < -0.3 is 25.0 Å². The van der Waals surface area contributed by atoms with Gasteiger partial charge in [-0.15, -0.1) is 0 Å². The third-order valence-corrected chi connectivity index (χ3v) is 5.83. The lowest BCUT2D eigenvalue weighted by Crippen LogP contribution is -2.12. The van der Waals surface area contributed by atoms with Crippen LogP contribution in [0.5, 0.6) is 28.7 Å². The van der Waals surface area contributed by atoms with E-state index in [0.29, 0.717) is 17.1 Å². The zero-order valence-electron chi connectivity index (χ0n) is 19.1. The summed E-state index contributed by atoms with van der Waals surface area (Å²) in [6.07, 6.45) is 0. The zero-order valence-corrected chi connectivity index (χ0v) is 19.1. The second-order valence-electron chi connectivity index (χ2n) is 8.18. The van der Waals surface area contributed by atoms with Gasteiger partial charge in [-0.25, -0.2) is 0 Å². The van der Waals surface area contributed by atoms with Crippen LogP contribution in [0.15, 0.2) is 72.8 Å². The van der Waals surface area contributed by atoms with Crippen LogP contribution in [0.25, 0.3) is 0 Å². The molecule has 0 aromatic heterocycles. The monoisotopic (exact) mass is 441 g/mol. The Morgan fingerprint density at radius 3 is 1.70 bits per heavy atom. The molecule has 4 rings (SSSR count). The maximum absolute atomic E-state index is 10.3. The first-order chi connectivity index (χ1) is 15.8. The smallest absolute Gasteiger partial charge is 0.134 e. The molecule has 0 atom stereocenters. The highest BCUT2D eigenvalue weighted by Crippen LogP contribution is 2.42. The number of ether oxygens (including phenoxy) is 1. The third kappa shape index (κ3) is 4.30. The van der Waals surface area contributed by atoms with Crippen LogP contribution in [0.1, 0.15) is 22.3 Å². The van der Waals surface area contributed by atoms with Crippen LogP contribution in [-0.4, -0.2) is 15.3 Å². The summed E-state index contributed by atoms with van der Waals surface area (Å²) in [7, 11) is 0. The Kier molecular flexibility index (Phi) is 5.88. The van der Waals surface area contributed by atoms with Crippen molar-refractivity contribution in [3.8, 4) is 28.7 Å². The Morgan fingerprint density at radius 1 is 0.606 bits per heavy atom. The van der Waals surface area contributed by atoms with Crippen molar-refractivity contribution in [1.82, 2.24) is 0 Å². The van der Waals surface area contributed by atoms with E-state index in [1.165, 1.54) is 0 Å². The van der Waals surface area contributed by atoms with Gasteiger partial charge in [0, 0.05) is 22.4 Å². The fourth-order valence-corrected chi connectivity index (χ4v) is 3.82. The number of aryl methyl sites for hydroxylation is 1. The highest BCUT2D eigenvalue weighted by Gasteiger charge is 2.19. The summed E-state index contributed by atoms with van der Waals surface area (Å²) in [6, 6.07) is 21.9. The Balaban J connectivity index is 1.77. The number of aromatic hydroxyl groups is 3. The molecule has 0 aliphatic heterocycles. The van der Waals surface area contributed by atoms with E-state index in [2.05, 4.69) is 0 Å². The largest absolute Gasteiger partial charge is 0.508 e. The maximum Gasteiger partial charge on any atom is 0.134 e. The molecule has 4 aromatic rings. The maximum atomic E-state index is 10.3. The van der Waals surface area contributed by atoms with Crippen molar-refractivity contribution in [1.29, 1.82) is 0 Å². The molecule has 0 fully saturated rings. The Bertz CT molecular complexity index is 1260. The van der Waals surface area contributed by atoms with Gasteiger partial charge in [-0.3, -0.25) is 0 Å². The van der Waals surface area contributed by atoms with Crippen molar-refractivity contribution in [2.75, 3.05) is 4.90 Å². The highest BCUT2D eigenvalue weighted by molar-refractivity contribution is 5.82. The number of hydrogen-bond acceptors (Lipinski definition) is 5. The van der Waals surface area contributed by atoms with Crippen molar-refractivity contribution in [3.63, 3.8) is 0 Å². The van der Waals surface area contributed by atoms with Crippen molar-refractivity contribution >= 4 is 17.1 Å². The minimum absolute atomic E-state index is 0.199. The van der Waals surface area contributed by atoms with Gasteiger partial charge in [-0.1, -0.05) is 12.1 Å². The summed E-state index contributed by atoms with van der Waals surface area (Å²) in [5, 5.41) is 30.8. The van der Waals surface area contributed by atoms with Gasteiger partial charge in [-0.2, -0.15) is 0 Å². The van der Waals surface area contributed by atoms with Gasteiger partial charge in [-0.05, 0) is 93.9 Å². The quantitative estimate of drug-likeness (QED) is 0.303. The van der Waals surface area contributed by atoms with E-state index in [9.17, 15) is 15.3 Å². The summed E-state index contributed by atoms with van der Waals surface area (Å²) in [5.41, 5.74) is 5.49. The predicted octanol–water partition coefficient (Wildman–Crippen LogP) is 7.30. The summed E-state index contributed by atoms with van der Waals surface area (Å²) in [5.74, 6) is 1.83. The predicted molar refractivity (Wildman–Crippen MR) is 132 cm³/mol. The van der Waals surface area contributed by atoms with E-state index in [1.807, 2.05) is 75.1 Å². The number of phenols is 3. The molecule has 0 saturated carbocycles. The number of anilines is 3. The average molecular weight is 442 g/mol. The molecule has 3 N–H and O–H groups in total. The molecule has 0 saturated heterocycles. The Labute approximate surface area is 193 Å². The van der Waals surface area contributed by atoms with Crippen LogP contribution in [0.3, 0.4) is 0 Å². The number of nitrogens with zero attached hydrogens (tertiary/aromatic N) is 1. The van der Waals surface area contributed by atoms with Gasteiger partial charge >= 0.3 is 0 Å². The van der Waals surface area contributed by atoms with Gasteiger partial charge in [0.15, 0.2) is 0 Å². The molecule has 0 amide bonds. The molecule has 0 aliphatic carbocycles. The lowest BCUT2D eigenvalue weighted by Gasteiger charge is -2.29. The highest BCUT2D eigenvalue weighted by atomic mass is 16.5. The number of hydrogen-bond donors (Lipinski definition) is 3. The molecule has 33 heavy (non-hydrogen) atoms. The first-order valence-electron chi connectivity index (χ1n) is 10.7. The van der Waals surface area contributed by atoms with E-state index in [-0.39, 0.29) is 17.2 Å². The standard InChI is InChI=1S/C28H27NO4/c1-17-15-27(32)20(4)28(16-17)33-22-13-11-21(12-14-22)29(23-7-5-9-25(30)18(23)2)24-8-6-10-26(31)19(24)3/h5-16,30-32H,1-4H3. The van der Waals surface area contributed by atoms with E-state index < -0.39 is 0 Å². The van der Waals surface area contributed by atoms with E-state index in [0.717, 1.165) is 33.8 Å². The van der Waals surface area contributed by atoms with Gasteiger partial charge in [0.1, 0.15) is 28.7 Å². The second-order valence-corrected chi connectivity index (χ2v) is 8.18. The van der Waals surface area contributed by atoms with Gasteiger partial charge in [0.25, 0.3) is 0 Å². The van der Waals surface area contributed by atoms with Crippen molar-refractivity contribution in [2.45, 2.75) is 27.7 Å². The molecular formula is C28H27NO4. The van der Waals surface area contributed by atoms with Crippen LogP contribution in [0.4, 0.5) is 17.1 Å². The molecule has 168 valence electrons. The SMILES string of the molecule is Cc1cc(O)c(C)c(Oc2ccc(N(c3cccc(O)c3C)c3cccc(O)c3C)cc2)c1. The van der Waals surface area contributed by atoms with Crippen LogP contribution < -0.4 is 9.64 Å². The number of phenolic OH excluding ortho intramolecular Hbond substituents is 3. The Hall–Kier alpha value is -4.12. The molecule has 0 unspecified atom stereocenters. The Morgan fingerprint density at radius 2 is 1.15 bits per heavy atom. The molecule has 4 aromatic carbocycles. The molecular weight excluding hydrogens is 414 g/mol. The van der Waals surface area contributed by atoms with Crippen molar-refractivity contribution < 1.29 is 20.1 Å². The minimum atomic E-state index is 0.199. The normalized spacial score (nSPS) is 10.8. The van der Waals surface area contributed by atoms with Crippen LogP contribution in [0, 0.1) is 27.7 Å². The number of benzene rings is 4. The second kappa shape index (κ2) is 8.79. The van der Waals surface area contributed by atoms with Crippen molar-refractivity contribution in [3.05, 3.63) is 95.1 Å². The minimum Gasteiger partial charge on any atom is -0.508 e. The molecule has 5 nitrogen and oxygen atoms in total. The van der Waals surface area contributed by atoms with Gasteiger partial charge in [0.05, 0.1) is 11.4 Å². The summed E-state index contributed by atoms with van der Waals surface area (Å²) < 4.78 is 6.04. The fourth-order valence-electron chi connectivity index (χ4n) is 3.82. The first kappa shape index (κ1) is 22.1. The average Bonchev–Trinajstić information content (AvgIpc) is 2.78. The number of rotatable bonds is 5. The van der Waals surface area contributed by atoms with Crippen molar-refractivity contribution in [2.24, 2.45) is 0 Å². The summed E-state index contributed by atoms with van der Waals surface area (Å²) in [4.78, 5) is 2.00. The third-order valence-electron chi connectivity index (χ3n) is 5.83. The molecule has 0 bridgehead atoms. The van der Waals surface area contributed by atoms with Crippen LogP contribution >= 0.6 is 0 Å². The lowest BCUT2D eigenvalue weighted by molar-refractivity contribution is 0.447. The molecule has 0 aliphatic rings. The first-order valence-corrected chi connectivity index (χ1v) is 10.7. The van der Waals surface area contributed by atoms with E-state index >= 15 is 0 Å². The molecule has 0 radical (unpaired) electrons. The molecule has 0 spiro atoms. The van der Waals surface area contributed by atoms with Gasteiger partial charge in [0.2, 0.25) is 0 Å². The van der Waals surface area contributed by atoms with E-state index in [4.69, 9.17) is 4.74 Å².